The van der Waals surface area contributed by atoms with Gasteiger partial charge in [0.05, 0.1) is 12.1 Å². The minimum absolute atomic E-state index is 0.117. The summed E-state index contributed by atoms with van der Waals surface area (Å²) in [6.45, 7) is 6.46. The quantitative estimate of drug-likeness (QED) is 0.601. The van der Waals surface area contributed by atoms with Crippen molar-refractivity contribution in [3.05, 3.63) is 0 Å². The van der Waals surface area contributed by atoms with Crippen molar-refractivity contribution in [1.82, 2.24) is 4.90 Å². The number of nitrogens with zero attached hydrogens (tertiary/aromatic N) is 2. The van der Waals surface area contributed by atoms with Crippen molar-refractivity contribution in [2.24, 2.45) is 5.92 Å². The zero-order valence-electron chi connectivity index (χ0n) is 7.38. The zero-order chi connectivity index (χ0) is 8.27. The summed E-state index contributed by atoms with van der Waals surface area (Å²) in [7, 11) is 0. The van der Waals surface area contributed by atoms with Crippen molar-refractivity contribution in [2.45, 2.75) is 32.7 Å². The van der Waals surface area contributed by atoms with E-state index in [1.165, 1.54) is 12.8 Å². The number of rotatable bonds is 2. The lowest BCUT2D eigenvalue weighted by atomic mass is 10.1. The molecule has 11 heavy (non-hydrogen) atoms. The molecule has 0 aliphatic carbocycles. The second kappa shape index (κ2) is 3.73. The molecule has 2 unspecified atom stereocenters. The van der Waals surface area contributed by atoms with Crippen LogP contribution in [0.5, 0.6) is 0 Å². The van der Waals surface area contributed by atoms with Gasteiger partial charge >= 0.3 is 0 Å². The largest absolute Gasteiger partial charge is 0.288 e. The lowest BCUT2D eigenvalue weighted by Crippen LogP contribution is -2.29. The van der Waals surface area contributed by atoms with Crippen molar-refractivity contribution in [2.75, 3.05) is 13.1 Å². The van der Waals surface area contributed by atoms with Crippen LogP contribution in [-0.2, 0) is 0 Å². The summed E-state index contributed by atoms with van der Waals surface area (Å²) in [4.78, 5) is 2.27. The Balaban J connectivity index is 2.36. The monoisotopic (exact) mass is 152 g/mol. The molecule has 1 rings (SSSR count). The van der Waals surface area contributed by atoms with Gasteiger partial charge in [0.15, 0.2) is 0 Å². The van der Waals surface area contributed by atoms with E-state index in [-0.39, 0.29) is 6.04 Å². The third kappa shape index (κ3) is 1.94. The minimum Gasteiger partial charge on any atom is -0.288 e. The first-order valence-corrected chi connectivity index (χ1v) is 4.41. The predicted molar refractivity (Wildman–Crippen MR) is 45.0 cm³/mol. The van der Waals surface area contributed by atoms with Crippen LogP contribution in [0.2, 0.25) is 0 Å². The molecule has 2 nitrogen and oxygen atoms in total. The molecule has 0 radical (unpaired) electrons. The summed E-state index contributed by atoms with van der Waals surface area (Å²) in [6.07, 6.45) is 2.54. The summed E-state index contributed by atoms with van der Waals surface area (Å²) in [5, 5.41) is 8.66. The molecule has 1 fully saturated rings. The van der Waals surface area contributed by atoms with Gasteiger partial charge in [-0.25, -0.2) is 0 Å². The normalized spacial score (nSPS) is 28.3. The van der Waals surface area contributed by atoms with E-state index >= 15 is 0 Å². The number of hydrogen-bond donors (Lipinski definition) is 0. The number of likely N-dealkylation sites (tertiary alicyclic amines) is 1. The maximum absolute atomic E-state index is 8.66. The van der Waals surface area contributed by atoms with E-state index in [1.807, 2.05) is 6.92 Å². The highest BCUT2D eigenvalue weighted by Gasteiger charge is 2.24. The van der Waals surface area contributed by atoms with Crippen LogP contribution in [0.3, 0.4) is 0 Å². The van der Waals surface area contributed by atoms with Crippen LogP contribution in [0.1, 0.15) is 26.7 Å². The van der Waals surface area contributed by atoms with Gasteiger partial charge in [-0.05, 0) is 25.8 Å². The van der Waals surface area contributed by atoms with Gasteiger partial charge in [-0.2, -0.15) is 5.26 Å². The van der Waals surface area contributed by atoms with E-state index in [0.717, 1.165) is 19.0 Å². The van der Waals surface area contributed by atoms with Gasteiger partial charge in [0.1, 0.15) is 0 Å². The van der Waals surface area contributed by atoms with Crippen molar-refractivity contribution >= 4 is 0 Å². The SMILES string of the molecule is CCC1CCN(C(C)C#N)C1. The lowest BCUT2D eigenvalue weighted by molar-refractivity contribution is 0.292. The molecule has 1 aliphatic rings. The highest BCUT2D eigenvalue weighted by Crippen LogP contribution is 2.20. The van der Waals surface area contributed by atoms with Crippen LogP contribution < -0.4 is 0 Å². The van der Waals surface area contributed by atoms with Crippen molar-refractivity contribution in [1.29, 1.82) is 5.26 Å². The molecule has 0 spiro atoms. The van der Waals surface area contributed by atoms with E-state index in [2.05, 4.69) is 17.9 Å². The molecule has 0 aromatic heterocycles. The Morgan fingerprint density at radius 2 is 2.45 bits per heavy atom. The van der Waals surface area contributed by atoms with Crippen LogP contribution in [0.15, 0.2) is 0 Å². The Kier molecular flexibility index (Phi) is 2.90. The fraction of sp³-hybridized carbons (Fsp3) is 0.889. The third-order valence-corrected chi connectivity index (χ3v) is 2.63. The molecule has 2 heteroatoms. The summed E-state index contributed by atoms with van der Waals surface area (Å²) in [5.74, 6) is 0.839. The first-order valence-electron chi connectivity index (χ1n) is 4.41. The molecule has 0 saturated carbocycles. The third-order valence-electron chi connectivity index (χ3n) is 2.63. The molecule has 0 aromatic rings. The molecule has 0 N–H and O–H groups in total. The van der Waals surface area contributed by atoms with Crippen molar-refractivity contribution < 1.29 is 0 Å². The number of hydrogen-bond acceptors (Lipinski definition) is 2. The smallest absolute Gasteiger partial charge is 0.0949 e. The molecule has 1 saturated heterocycles. The second-order valence-electron chi connectivity index (χ2n) is 3.36. The molecule has 2 atom stereocenters. The maximum atomic E-state index is 8.66. The zero-order valence-corrected chi connectivity index (χ0v) is 7.38. The molecule has 1 heterocycles. The maximum Gasteiger partial charge on any atom is 0.0949 e. The summed E-state index contributed by atoms with van der Waals surface area (Å²) >= 11 is 0. The van der Waals surface area contributed by atoms with E-state index in [0.29, 0.717) is 0 Å². The van der Waals surface area contributed by atoms with Crippen LogP contribution in [-0.4, -0.2) is 24.0 Å². The summed E-state index contributed by atoms with van der Waals surface area (Å²) in [6, 6.07) is 2.39. The Hall–Kier alpha value is -0.550. The van der Waals surface area contributed by atoms with Crippen LogP contribution in [0.25, 0.3) is 0 Å². The topological polar surface area (TPSA) is 27.0 Å². The van der Waals surface area contributed by atoms with Gasteiger partial charge in [0.2, 0.25) is 0 Å². The Morgan fingerprint density at radius 3 is 2.91 bits per heavy atom. The lowest BCUT2D eigenvalue weighted by Gasteiger charge is -2.17. The summed E-state index contributed by atoms with van der Waals surface area (Å²) in [5.41, 5.74) is 0. The molecule has 62 valence electrons. The van der Waals surface area contributed by atoms with Gasteiger partial charge in [-0.1, -0.05) is 13.3 Å². The second-order valence-corrected chi connectivity index (χ2v) is 3.36. The van der Waals surface area contributed by atoms with Crippen LogP contribution >= 0.6 is 0 Å². The van der Waals surface area contributed by atoms with E-state index < -0.39 is 0 Å². The highest BCUT2D eigenvalue weighted by molar-refractivity contribution is 4.91. The Bertz CT molecular complexity index is 159. The fourth-order valence-corrected chi connectivity index (χ4v) is 1.63. The van der Waals surface area contributed by atoms with E-state index in [4.69, 9.17) is 5.26 Å². The Morgan fingerprint density at radius 1 is 1.73 bits per heavy atom. The Labute approximate surface area is 68.8 Å². The van der Waals surface area contributed by atoms with Crippen LogP contribution in [0.4, 0.5) is 0 Å². The van der Waals surface area contributed by atoms with Crippen LogP contribution in [0, 0.1) is 17.2 Å². The molecular weight excluding hydrogens is 136 g/mol. The van der Waals surface area contributed by atoms with Crippen molar-refractivity contribution in [3.8, 4) is 6.07 Å². The first-order chi connectivity index (χ1) is 5.27. The molecule has 1 aliphatic heterocycles. The molecule has 0 bridgehead atoms. The van der Waals surface area contributed by atoms with Gasteiger partial charge < -0.3 is 0 Å². The average Bonchev–Trinajstić information content (AvgIpc) is 2.50. The van der Waals surface area contributed by atoms with Crippen molar-refractivity contribution in [3.63, 3.8) is 0 Å². The molecule has 0 amide bonds. The predicted octanol–water partition coefficient (Wildman–Crippen LogP) is 1.63. The van der Waals surface area contributed by atoms with Gasteiger partial charge in [-0.15, -0.1) is 0 Å². The minimum atomic E-state index is 0.117. The van der Waals surface area contributed by atoms with E-state index in [9.17, 15) is 0 Å². The standard InChI is InChI=1S/C9H16N2/c1-3-9-4-5-11(7-9)8(2)6-10/h8-9H,3-5,7H2,1-2H3. The number of nitriles is 1. The fourth-order valence-electron chi connectivity index (χ4n) is 1.63. The first kappa shape index (κ1) is 8.55. The molecule has 0 aromatic carbocycles. The molecular formula is C9H16N2. The van der Waals surface area contributed by atoms with Gasteiger partial charge in [-0.3, -0.25) is 4.90 Å². The average molecular weight is 152 g/mol. The van der Waals surface area contributed by atoms with Gasteiger partial charge in [0.25, 0.3) is 0 Å². The highest BCUT2D eigenvalue weighted by atomic mass is 15.2. The van der Waals surface area contributed by atoms with E-state index in [1.54, 1.807) is 0 Å². The van der Waals surface area contributed by atoms with Gasteiger partial charge in [0, 0.05) is 6.54 Å². The summed E-state index contributed by atoms with van der Waals surface area (Å²) < 4.78 is 0.